The van der Waals surface area contributed by atoms with Crippen LogP contribution < -0.4 is 5.32 Å². The fourth-order valence-corrected chi connectivity index (χ4v) is 3.65. The van der Waals surface area contributed by atoms with Crippen molar-refractivity contribution in [2.24, 2.45) is 0 Å². The van der Waals surface area contributed by atoms with E-state index in [2.05, 4.69) is 47.7 Å². The van der Waals surface area contributed by atoms with Crippen molar-refractivity contribution < 1.29 is 0 Å². The van der Waals surface area contributed by atoms with Crippen LogP contribution in [0.25, 0.3) is 10.9 Å². The Kier molecular flexibility index (Phi) is 3.40. The normalized spacial score (nSPS) is 17.2. The van der Waals surface area contributed by atoms with E-state index in [0.29, 0.717) is 4.75 Å². The zero-order valence-corrected chi connectivity index (χ0v) is 12.4. The zero-order valence-electron chi connectivity index (χ0n) is 11.6. The van der Waals surface area contributed by atoms with Gasteiger partial charge in [-0.15, -0.1) is 0 Å². The van der Waals surface area contributed by atoms with E-state index in [1.54, 1.807) is 0 Å². The molecule has 1 aliphatic rings. The molecule has 1 aromatic carbocycles. The number of thioether (sulfide) groups is 1. The van der Waals surface area contributed by atoms with Gasteiger partial charge in [0.05, 0.1) is 5.52 Å². The Balaban J connectivity index is 1.88. The average Bonchev–Trinajstić information content (AvgIpc) is 2.37. The minimum absolute atomic E-state index is 0.457. The molecule has 100 valence electrons. The quantitative estimate of drug-likeness (QED) is 0.901. The summed E-state index contributed by atoms with van der Waals surface area (Å²) in [6.07, 6.45) is 6.28. The molecule has 3 rings (SSSR count). The van der Waals surface area contributed by atoms with Crippen LogP contribution in [0.2, 0.25) is 0 Å². The first-order valence-electron chi connectivity index (χ1n) is 6.88. The molecule has 3 heteroatoms. The van der Waals surface area contributed by atoms with Crippen LogP contribution in [0.3, 0.4) is 0 Å². The number of anilines is 1. The van der Waals surface area contributed by atoms with Gasteiger partial charge in [-0.3, -0.25) is 4.98 Å². The second kappa shape index (κ2) is 5.04. The maximum Gasteiger partial charge on any atom is 0.0725 e. The molecule has 0 atom stereocenters. The lowest BCUT2D eigenvalue weighted by molar-refractivity contribution is 0.380. The number of nitrogens with zero attached hydrogens (tertiary/aromatic N) is 1. The van der Waals surface area contributed by atoms with Gasteiger partial charge >= 0.3 is 0 Å². The Bertz CT molecular complexity index is 585. The number of benzene rings is 1. The van der Waals surface area contributed by atoms with Crippen LogP contribution in [-0.4, -0.2) is 22.5 Å². The van der Waals surface area contributed by atoms with Gasteiger partial charge in [0.15, 0.2) is 0 Å². The molecule has 1 N–H and O–H groups in total. The monoisotopic (exact) mass is 272 g/mol. The first-order chi connectivity index (χ1) is 9.22. The maximum atomic E-state index is 4.59. The predicted molar refractivity (Wildman–Crippen MR) is 85.1 cm³/mol. The van der Waals surface area contributed by atoms with Crippen molar-refractivity contribution in [3.8, 4) is 0 Å². The van der Waals surface area contributed by atoms with E-state index in [9.17, 15) is 0 Å². The number of fused-ring (bicyclic) bond motifs is 1. The lowest BCUT2D eigenvalue weighted by Crippen LogP contribution is -2.40. The molecule has 2 aromatic rings. The SMILES string of the molecule is CSC1(CNc2cc(C)nc3ccccc23)CCC1. The van der Waals surface area contributed by atoms with E-state index < -0.39 is 0 Å². The molecule has 19 heavy (non-hydrogen) atoms. The largest absolute Gasteiger partial charge is 0.383 e. The van der Waals surface area contributed by atoms with E-state index in [1.165, 1.54) is 30.3 Å². The standard InChI is InChI=1S/C16H20N2S/c1-12-10-15(13-6-3-4-7-14(13)18-12)17-11-16(19-2)8-5-9-16/h3-4,6-7,10H,5,8-9,11H2,1-2H3,(H,17,18). The molecule has 0 radical (unpaired) electrons. The van der Waals surface area contributed by atoms with Crippen LogP contribution in [0, 0.1) is 6.92 Å². The van der Waals surface area contributed by atoms with Crippen molar-refractivity contribution in [2.45, 2.75) is 30.9 Å². The molecule has 0 bridgehead atoms. The highest BCUT2D eigenvalue weighted by Gasteiger charge is 2.35. The van der Waals surface area contributed by atoms with Gasteiger partial charge in [0.2, 0.25) is 0 Å². The highest BCUT2D eigenvalue weighted by molar-refractivity contribution is 8.00. The number of hydrogen-bond acceptors (Lipinski definition) is 3. The first kappa shape index (κ1) is 12.8. The van der Waals surface area contributed by atoms with Crippen molar-refractivity contribution in [3.05, 3.63) is 36.0 Å². The summed E-state index contributed by atoms with van der Waals surface area (Å²) in [6.45, 7) is 3.12. The third kappa shape index (κ3) is 2.44. The second-order valence-electron chi connectivity index (χ2n) is 5.42. The van der Waals surface area contributed by atoms with Crippen LogP contribution >= 0.6 is 11.8 Å². The highest BCUT2D eigenvalue weighted by atomic mass is 32.2. The predicted octanol–water partition coefficient (Wildman–Crippen LogP) is 4.24. The topological polar surface area (TPSA) is 24.9 Å². The maximum absolute atomic E-state index is 4.59. The van der Waals surface area contributed by atoms with Gasteiger partial charge in [0.25, 0.3) is 0 Å². The first-order valence-corrected chi connectivity index (χ1v) is 8.10. The summed E-state index contributed by atoms with van der Waals surface area (Å²) < 4.78 is 0.457. The molecule has 2 nitrogen and oxygen atoms in total. The van der Waals surface area contributed by atoms with Gasteiger partial charge in [-0.1, -0.05) is 24.6 Å². The Morgan fingerprint density at radius 3 is 2.79 bits per heavy atom. The molecule has 0 saturated heterocycles. The average molecular weight is 272 g/mol. The summed E-state index contributed by atoms with van der Waals surface area (Å²) in [6, 6.07) is 10.5. The second-order valence-corrected chi connectivity index (χ2v) is 6.70. The molecule has 1 saturated carbocycles. The van der Waals surface area contributed by atoms with Crippen molar-refractivity contribution >= 4 is 28.4 Å². The van der Waals surface area contributed by atoms with Crippen LogP contribution in [0.1, 0.15) is 25.0 Å². The molecular weight excluding hydrogens is 252 g/mol. The highest BCUT2D eigenvalue weighted by Crippen LogP contribution is 2.43. The van der Waals surface area contributed by atoms with Crippen LogP contribution in [0.15, 0.2) is 30.3 Å². The molecule has 0 amide bonds. The molecular formula is C16H20N2S. The van der Waals surface area contributed by atoms with Gasteiger partial charge < -0.3 is 5.32 Å². The molecule has 1 aliphatic carbocycles. The van der Waals surface area contributed by atoms with Gasteiger partial charge in [0.1, 0.15) is 0 Å². The fourth-order valence-electron chi connectivity index (χ4n) is 2.73. The number of pyridine rings is 1. The number of aryl methyl sites for hydroxylation is 1. The van der Waals surface area contributed by atoms with Crippen molar-refractivity contribution in [1.29, 1.82) is 0 Å². The van der Waals surface area contributed by atoms with Crippen LogP contribution in [0.5, 0.6) is 0 Å². The number of rotatable bonds is 4. The van der Waals surface area contributed by atoms with Gasteiger partial charge in [-0.2, -0.15) is 11.8 Å². The van der Waals surface area contributed by atoms with E-state index in [-0.39, 0.29) is 0 Å². The summed E-state index contributed by atoms with van der Waals surface area (Å²) in [4.78, 5) is 4.59. The Hall–Kier alpha value is -1.22. The molecule has 1 fully saturated rings. The number of hydrogen-bond donors (Lipinski definition) is 1. The molecule has 0 unspecified atom stereocenters. The van der Waals surface area contributed by atoms with E-state index in [1.807, 2.05) is 17.8 Å². The minimum atomic E-state index is 0.457. The number of aromatic nitrogens is 1. The van der Waals surface area contributed by atoms with E-state index in [4.69, 9.17) is 0 Å². The van der Waals surface area contributed by atoms with E-state index in [0.717, 1.165) is 17.8 Å². The third-order valence-electron chi connectivity index (χ3n) is 4.14. The van der Waals surface area contributed by atoms with E-state index >= 15 is 0 Å². The van der Waals surface area contributed by atoms with Crippen molar-refractivity contribution in [1.82, 2.24) is 4.98 Å². The lowest BCUT2D eigenvalue weighted by Gasteiger charge is -2.40. The van der Waals surface area contributed by atoms with Gasteiger partial charge in [0, 0.05) is 28.1 Å². The Morgan fingerprint density at radius 2 is 2.11 bits per heavy atom. The van der Waals surface area contributed by atoms with Gasteiger partial charge in [-0.25, -0.2) is 0 Å². The molecule has 0 spiro atoms. The summed E-state index contributed by atoms with van der Waals surface area (Å²) in [5, 5.41) is 4.89. The Morgan fingerprint density at radius 1 is 1.32 bits per heavy atom. The molecule has 1 heterocycles. The van der Waals surface area contributed by atoms with Crippen molar-refractivity contribution in [3.63, 3.8) is 0 Å². The van der Waals surface area contributed by atoms with Crippen molar-refractivity contribution in [2.75, 3.05) is 18.1 Å². The van der Waals surface area contributed by atoms with Crippen LogP contribution in [-0.2, 0) is 0 Å². The number of para-hydroxylation sites is 1. The zero-order chi connectivity index (χ0) is 13.3. The third-order valence-corrected chi connectivity index (χ3v) is 5.56. The summed E-state index contributed by atoms with van der Waals surface area (Å²) in [5.74, 6) is 0. The number of nitrogens with one attached hydrogen (secondary N) is 1. The minimum Gasteiger partial charge on any atom is -0.383 e. The lowest BCUT2D eigenvalue weighted by atomic mass is 9.84. The Labute approximate surface area is 119 Å². The van der Waals surface area contributed by atoms with Gasteiger partial charge in [-0.05, 0) is 38.2 Å². The summed E-state index contributed by atoms with van der Waals surface area (Å²) in [7, 11) is 0. The summed E-state index contributed by atoms with van der Waals surface area (Å²) in [5.41, 5.74) is 3.38. The smallest absolute Gasteiger partial charge is 0.0725 e. The fraction of sp³-hybridized carbons (Fsp3) is 0.438. The molecule has 0 aliphatic heterocycles. The summed E-state index contributed by atoms with van der Waals surface area (Å²) >= 11 is 2.01. The van der Waals surface area contributed by atoms with Crippen LogP contribution in [0.4, 0.5) is 5.69 Å². The molecule has 1 aromatic heterocycles.